The average molecular weight is 156 g/mol. The highest BCUT2D eigenvalue weighted by Gasteiger charge is 2.04. The highest BCUT2D eigenvalue weighted by atomic mass is 16.3. The van der Waals surface area contributed by atoms with Gasteiger partial charge in [-0.05, 0) is 13.3 Å². The Bertz CT molecular complexity index is 263. The van der Waals surface area contributed by atoms with Gasteiger partial charge in [0, 0.05) is 25.0 Å². The quantitative estimate of drug-likeness (QED) is 0.653. The van der Waals surface area contributed by atoms with E-state index in [-0.39, 0.29) is 18.3 Å². The Hall–Kier alpha value is -1.03. The first-order valence-corrected chi connectivity index (χ1v) is 3.62. The molecule has 0 spiro atoms. The summed E-state index contributed by atoms with van der Waals surface area (Å²) in [6.45, 7) is 2.00. The Morgan fingerprint density at radius 2 is 2.55 bits per heavy atom. The second-order valence-electron chi connectivity index (χ2n) is 2.53. The zero-order valence-corrected chi connectivity index (χ0v) is 6.45. The van der Waals surface area contributed by atoms with Gasteiger partial charge in [0.15, 0.2) is 0 Å². The molecule has 0 saturated carbocycles. The van der Waals surface area contributed by atoms with Gasteiger partial charge in [-0.3, -0.25) is 4.57 Å². The van der Waals surface area contributed by atoms with Gasteiger partial charge < -0.3 is 10.1 Å². The molecule has 0 aliphatic rings. The first kappa shape index (κ1) is 8.07. The van der Waals surface area contributed by atoms with Crippen LogP contribution in [0.5, 0.6) is 0 Å². The summed E-state index contributed by atoms with van der Waals surface area (Å²) in [6, 6.07) is 0.0683. The standard InChI is InChI=1S/C7H12N2O2/c1-6(2-5-10)9-4-3-8-7(9)11/h3-4,6,10H,2,5H2,1H3,(H,8,11). The van der Waals surface area contributed by atoms with E-state index in [1.54, 1.807) is 17.0 Å². The largest absolute Gasteiger partial charge is 0.396 e. The molecule has 0 amide bonds. The number of aliphatic hydroxyl groups is 1. The summed E-state index contributed by atoms with van der Waals surface area (Å²) >= 11 is 0. The van der Waals surface area contributed by atoms with Crippen molar-refractivity contribution in [2.45, 2.75) is 19.4 Å². The van der Waals surface area contributed by atoms with Gasteiger partial charge in [0.2, 0.25) is 0 Å². The highest BCUT2D eigenvalue weighted by molar-refractivity contribution is 4.79. The number of hydrogen-bond donors (Lipinski definition) is 2. The van der Waals surface area contributed by atoms with Crippen molar-refractivity contribution in [3.63, 3.8) is 0 Å². The third-order valence-corrected chi connectivity index (χ3v) is 1.70. The molecule has 4 nitrogen and oxygen atoms in total. The zero-order valence-electron chi connectivity index (χ0n) is 6.45. The lowest BCUT2D eigenvalue weighted by molar-refractivity contribution is 0.261. The van der Waals surface area contributed by atoms with Crippen LogP contribution < -0.4 is 5.69 Å². The molecule has 1 rings (SSSR count). The van der Waals surface area contributed by atoms with Crippen LogP contribution in [-0.4, -0.2) is 21.3 Å². The van der Waals surface area contributed by atoms with E-state index in [1.165, 1.54) is 0 Å². The van der Waals surface area contributed by atoms with Gasteiger partial charge in [0.1, 0.15) is 0 Å². The minimum atomic E-state index is -0.119. The molecule has 4 heteroatoms. The summed E-state index contributed by atoms with van der Waals surface area (Å²) in [5.41, 5.74) is -0.119. The van der Waals surface area contributed by atoms with Gasteiger partial charge in [-0.15, -0.1) is 0 Å². The SMILES string of the molecule is CC(CCO)n1cc[nH]c1=O. The van der Waals surface area contributed by atoms with E-state index >= 15 is 0 Å². The molecule has 1 heterocycles. The predicted molar refractivity (Wildman–Crippen MR) is 41.5 cm³/mol. The lowest BCUT2D eigenvalue weighted by Crippen LogP contribution is -2.20. The van der Waals surface area contributed by atoms with E-state index in [0.717, 1.165) is 0 Å². The summed E-state index contributed by atoms with van der Waals surface area (Å²) in [7, 11) is 0. The number of hydrogen-bond acceptors (Lipinski definition) is 2. The summed E-state index contributed by atoms with van der Waals surface area (Å²) in [5.74, 6) is 0. The molecule has 62 valence electrons. The molecule has 11 heavy (non-hydrogen) atoms. The molecule has 2 N–H and O–H groups in total. The number of rotatable bonds is 3. The van der Waals surface area contributed by atoms with E-state index in [9.17, 15) is 4.79 Å². The topological polar surface area (TPSA) is 58.0 Å². The number of aromatic amines is 1. The predicted octanol–water partition coefficient (Wildman–Crippen LogP) is 0.120. The molecule has 0 aromatic carbocycles. The van der Waals surface area contributed by atoms with Crippen molar-refractivity contribution in [2.24, 2.45) is 0 Å². The molecule has 1 aromatic rings. The van der Waals surface area contributed by atoms with E-state index in [1.807, 2.05) is 6.92 Å². The molecule has 0 saturated heterocycles. The molecule has 0 bridgehead atoms. The summed E-state index contributed by atoms with van der Waals surface area (Å²) in [6.07, 6.45) is 3.89. The Labute approximate surface area is 64.5 Å². The molecular weight excluding hydrogens is 144 g/mol. The number of nitrogens with zero attached hydrogens (tertiary/aromatic N) is 1. The molecule has 0 fully saturated rings. The van der Waals surface area contributed by atoms with Gasteiger partial charge in [0.25, 0.3) is 0 Å². The Balaban J connectivity index is 2.75. The van der Waals surface area contributed by atoms with Crippen LogP contribution in [0.25, 0.3) is 0 Å². The first-order valence-electron chi connectivity index (χ1n) is 3.62. The van der Waals surface area contributed by atoms with Gasteiger partial charge in [-0.1, -0.05) is 0 Å². The van der Waals surface area contributed by atoms with Crippen molar-refractivity contribution >= 4 is 0 Å². The van der Waals surface area contributed by atoms with Crippen LogP contribution in [0.15, 0.2) is 17.2 Å². The van der Waals surface area contributed by atoms with Crippen LogP contribution in [0.3, 0.4) is 0 Å². The smallest absolute Gasteiger partial charge is 0.325 e. The summed E-state index contributed by atoms with van der Waals surface area (Å²) in [5, 5.41) is 8.60. The van der Waals surface area contributed by atoms with Crippen molar-refractivity contribution in [3.05, 3.63) is 22.9 Å². The van der Waals surface area contributed by atoms with Gasteiger partial charge in [0.05, 0.1) is 0 Å². The normalized spacial score (nSPS) is 13.3. The molecule has 1 atom stereocenters. The van der Waals surface area contributed by atoms with Crippen molar-refractivity contribution in [1.82, 2.24) is 9.55 Å². The Morgan fingerprint density at radius 1 is 1.82 bits per heavy atom. The number of nitrogens with one attached hydrogen (secondary N) is 1. The third kappa shape index (κ3) is 1.71. The van der Waals surface area contributed by atoms with Crippen molar-refractivity contribution in [2.75, 3.05) is 6.61 Å². The molecule has 0 aliphatic heterocycles. The van der Waals surface area contributed by atoms with Gasteiger partial charge >= 0.3 is 5.69 Å². The van der Waals surface area contributed by atoms with Crippen LogP contribution in [0.1, 0.15) is 19.4 Å². The van der Waals surface area contributed by atoms with Crippen molar-refractivity contribution in [3.8, 4) is 0 Å². The maximum Gasteiger partial charge on any atom is 0.325 e. The highest BCUT2D eigenvalue weighted by Crippen LogP contribution is 2.04. The van der Waals surface area contributed by atoms with Crippen LogP contribution in [0.2, 0.25) is 0 Å². The monoisotopic (exact) mass is 156 g/mol. The zero-order chi connectivity index (χ0) is 8.27. The Morgan fingerprint density at radius 3 is 3.00 bits per heavy atom. The summed E-state index contributed by atoms with van der Waals surface area (Å²) < 4.78 is 1.57. The van der Waals surface area contributed by atoms with Crippen LogP contribution in [-0.2, 0) is 0 Å². The van der Waals surface area contributed by atoms with Gasteiger partial charge in [-0.25, -0.2) is 4.79 Å². The fraction of sp³-hybridized carbons (Fsp3) is 0.571. The maximum atomic E-state index is 11.0. The molecule has 1 unspecified atom stereocenters. The fourth-order valence-electron chi connectivity index (χ4n) is 1.00. The van der Waals surface area contributed by atoms with Gasteiger partial charge in [-0.2, -0.15) is 0 Å². The molecule has 0 radical (unpaired) electrons. The third-order valence-electron chi connectivity index (χ3n) is 1.70. The second-order valence-corrected chi connectivity index (χ2v) is 2.53. The number of imidazole rings is 1. The average Bonchev–Trinajstić information content (AvgIpc) is 2.36. The van der Waals surface area contributed by atoms with E-state index in [0.29, 0.717) is 6.42 Å². The van der Waals surface area contributed by atoms with Crippen molar-refractivity contribution < 1.29 is 5.11 Å². The number of aromatic nitrogens is 2. The molecular formula is C7H12N2O2. The first-order chi connectivity index (χ1) is 5.25. The van der Waals surface area contributed by atoms with Crippen LogP contribution in [0, 0.1) is 0 Å². The number of aliphatic hydroxyl groups excluding tert-OH is 1. The van der Waals surface area contributed by atoms with E-state index < -0.39 is 0 Å². The molecule has 1 aromatic heterocycles. The summed E-state index contributed by atoms with van der Waals surface area (Å²) in [4.78, 5) is 13.5. The molecule has 0 aliphatic carbocycles. The second kappa shape index (κ2) is 3.39. The van der Waals surface area contributed by atoms with Crippen molar-refractivity contribution in [1.29, 1.82) is 0 Å². The minimum Gasteiger partial charge on any atom is -0.396 e. The lowest BCUT2D eigenvalue weighted by Gasteiger charge is -2.08. The minimum absolute atomic E-state index is 0.0683. The lowest BCUT2D eigenvalue weighted by atomic mass is 10.2. The van der Waals surface area contributed by atoms with E-state index in [4.69, 9.17) is 5.11 Å². The van der Waals surface area contributed by atoms with E-state index in [2.05, 4.69) is 4.98 Å². The van der Waals surface area contributed by atoms with Crippen LogP contribution >= 0.6 is 0 Å². The fourth-order valence-corrected chi connectivity index (χ4v) is 1.00. The maximum absolute atomic E-state index is 11.0. The number of H-pyrrole nitrogens is 1. The van der Waals surface area contributed by atoms with Crippen LogP contribution in [0.4, 0.5) is 0 Å². The Kier molecular flexibility index (Phi) is 2.48.